The van der Waals surface area contributed by atoms with Gasteiger partial charge in [0.05, 0.1) is 22.2 Å². The summed E-state index contributed by atoms with van der Waals surface area (Å²) in [6.45, 7) is 12.4. The summed E-state index contributed by atoms with van der Waals surface area (Å²) in [5.74, 6) is 1.68. The van der Waals surface area contributed by atoms with E-state index < -0.39 is 6.10 Å². The lowest BCUT2D eigenvalue weighted by Gasteiger charge is -2.20. The highest BCUT2D eigenvalue weighted by atomic mass is 16.7. The van der Waals surface area contributed by atoms with Gasteiger partial charge in [0.2, 0.25) is 6.79 Å². The van der Waals surface area contributed by atoms with Gasteiger partial charge >= 0.3 is 0 Å². The van der Waals surface area contributed by atoms with E-state index in [9.17, 15) is 9.90 Å². The smallest absolute Gasteiger partial charge is 0.252 e. The van der Waals surface area contributed by atoms with Gasteiger partial charge in [0.1, 0.15) is 18.5 Å². The summed E-state index contributed by atoms with van der Waals surface area (Å²) in [6.07, 6.45) is -0.894. The Labute approximate surface area is 199 Å². The van der Waals surface area contributed by atoms with Crippen LogP contribution in [0.5, 0.6) is 17.2 Å². The van der Waals surface area contributed by atoms with Crippen LogP contribution in [0.15, 0.2) is 24.3 Å². The molecule has 1 atom stereocenters. The first-order chi connectivity index (χ1) is 16.0. The molecule has 3 heterocycles. The number of amides is 1. The first-order valence-corrected chi connectivity index (χ1v) is 11.4. The molecule has 1 aliphatic heterocycles. The number of rotatable bonds is 7. The van der Waals surface area contributed by atoms with E-state index in [4.69, 9.17) is 19.2 Å². The number of aromatic nitrogens is 3. The third-order valence-corrected chi connectivity index (χ3v) is 5.59. The Morgan fingerprint density at radius 3 is 2.68 bits per heavy atom. The van der Waals surface area contributed by atoms with E-state index in [0.717, 1.165) is 16.8 Å². The Morgan fingerprint density at radius 2 is 1.97 bits per heavy atom. The lowest BCUT2D eigenvalue weighted by molar-refractivity contribution is 0.0844. The van der Waals surface area contributed by atoms with Crippen LogP contribution in [-0.4, -0.2) is 51.8 Å². The van der Waals surface area contributed by atoms with Gasteiger partial charge < -0.3 is 24.6 Å². The average molecular weight is 469 g/mol. The Hall–Kier alpha value is -3.33. The van der Waals surface area contributed by atoms with Crippen LogP contribution in [0.1, 0.15) is 62.3 Å². The highest BCUT2D eigenvalue weighted by Crippen LogP contribution is 2.35. The Balaban J connectivity index is 1.48. The molecule has 1 aromatic carbocycles. The van der Waals surface area contributed by atoms with Crippen molar-refractivity contribution in [3.63, 3.8) is 0 Å². The third-order valence-electron chi connectivity index (χ3n) is 5.59. The molecule has 4 rings (SSSR count). The highest BCUT2D eigenvalue weighted by molar-refractivity contribution is 6.06. The molecule has 0 saturated carbocycles. The molecule has 2 N–H and O–H groups in total. The third kappa shape index (κ3) is 4.79. The molecule has 1 aliphatic rings. The number of ether oxygens (including phenoxy) is 3. The molecule has 0 aliphatic carbocycles. The van der Waals surface area contributed by atoms with Gasteiger partial charge in [-0.15, -0.1) is 0 Å². The van der Waals surface area contributed by atoms with Gasteiger partial charge in [0, 0.05) is 18.3 Å². The first kappa shape index (κ1) is 23.8. The zero-order valence-corrected chi connectivity index (χ0v) is 20.5. The van der Waals surface area contributed by atoms with Gasteiger partial charge in [0.15, 0.2) is 17.1 Å². The molecule has 0 radical (unpaired) electrons. The normalized spacial score (nSPS) is 14.0. The van der Waals surface area contributed by atoms with Crippen molar-refractivity contribution in [2.75, 3.05) is 19.9 Å². The number of carbonyl (C=O) groups is 1. The number of nitrogens with zero attached hydrogens (tertiary/aromatic N) is 3. The molecule has 34 heavy (non-hydrogen) atoms. The monoisotopic (exact) mass is 468 g/mol. The van der Waals surface area contributed by atoms with Crippen molar-refractivity contribution in [2.45, 2.75) is 59.1 Å². The number of aliphatic hydroxyl groups excluding tert-OH is 1. The second-order valence-corrected chi connectivity index (χ2v) is 9.81. The van der Waals surface area contributed by atoms with E-state index in [-0.39, 0.29) is 37.3 Å². The minimum absolute atomic E-state index is 0.0178. The van der Waals surface area contributed by atoms with E-state index in [2.05, 4.69) is 31.2 Å². The number of aryl methyl sites for hydroxylation is 1. The fraction of sp³-hybridized carbons (Fsp3) is 0.480. The second kappa shape index (κ2) is 9.13. The second-order valence-electron chi connectivity index (χ2n) is 9.81. The molecule has 2 aromatic heterocycles. The lowest BCUT2D eigenvalue weighted by atomic mass is 10.0. The van der Waals surface area contributed by atoms with Crippen LogP contribution in [0.2, 0.25) is 0 Å². The molecule has 0 bridgehead atoms. The van der Waals surface area contributed by atoms with Gasteiger partial charge in [0.25, 0.3) is 5.91 Å². The molecule has 9 heteroatoms. The van der Waals surface area contributed by atoms with Crippen molar-refractivity contribution in [3.05, 3.63) is 41.2 Å². The van der Waals surface area contributed by atoms with E-state index in [1.165, 1.54) is 0 Å². The Kier molecular flexibility index (Phi) is 6.40. The maximum Gasteiger partial charge on any atom is 0.252 e. The van der Waals surface area contributed by atoms with Crippen LogP contribution in [0, 0.1) is 6.92 Å². The lowest BCUT2D eigenvalue weighted by Crippen LogP contribution is -2.35. The molecular formula is C25H32N4O5. The summed E-state index contributed by atoms with van der Waals surface area (Å²) in [5.41, 5.74) is 2.46. The first-order valence-electron chi connectivity index (χ1n) is 11.4. The topological polar surface area (TPSA) is 108 Å². The number of hydrogen-bond donors (Lipinski definition) is 2. The van der Waals surface area contributed by atoms with E-state index in [1.54, 1.807) is 18.2 Å². The molecule has 1 unspecified atom stereocenters. The SMILES string of the molecule is Cc1nn(C(C)(C)C)c2nc(C(C)C)cc(C(=O)NCC(O)COc3ccc4c(c3)OCO4)c12. The number of hydrogen-bond acceptors (Lipinski definition) is 7. The maximum absolute atomic E-state index is 13.2. The highest BCUT2D eigenvalue weighted by Gasteiger charge is 2.25. The number of benzene rings is 1. The van der Waals surface area contributed by atoms with Crippen LogP contribution >= 0.6 is 0 Å². The van der Waals surface area contributed by atoms with Crippen molar-refractivity contribution in [3.8, 4) is 17.2 Å². The van der Waals surface area contributed by atoms with E-state index in [1.807, 2.05) is 31.5 Å². The molecular weight excluding hydrogens is 436 g/mol. The zero-order valence-electron chi connectivity index (χ0n) is 20.5. The van der Waals surface area contributed by atoms with E-state index in [0.29, 0.717) is 28.5 Å². The number of fused-ring (bicyclic) bond motifs is 2. The fourth-order valence-electron chi connectivity index (χ4n) is 3.77. The molecule has 9 nitrogen and oxygen atoms in total. The van der Waals surface area contributed by atoms with Gasteiger partial charge in [-0.1, -0.05) is 13.8 Å². The quantitative estimate of drug-likeness (QED) is 0.546. The molecule has 182 valence electrons. The van der Waals surface area contributed by atoms with Crippen molar-refractivity contribution < 1.29 is 24.1 Å². The molecule has 0 saturated heterocycles. The van der Waals surface area contributed by atoms with E-state index >= 15 is 0 Å². The van der Waals surface area contributed by atoms with Crippen molar-refractivity contribution in [1.29, 1.82) is 0 Å². The summed E-state index contributed by atoms with van der Waals surface area (Å²) in [4.78, 5) is 18.0. The van der Waals surface area contributed by atoms with Crippen molar-refractivity contribution in [2.24, 2.45) is 0 Å². The van der Waals surface area contributed by atoms with Crippen LogP contribution < -0.4 is 19.5 Å². The van der Waals surface area contributed by atoms with Crippen LogP contribution in [0.3, 0.4) is 0 Å². The minimum Gasteiger partial charge on any atom is -0.491 e. The fourth-order valence-corrected chi connectivity index (χ4v) is 3.77. The number of aliphatic hydroxyl groups is 1. The predicted octanol–water partition coefficient (Wildman–Crippen LogP) is 3.52. The van der Waals surface area contributed by atoms with Crippen molar-refractivity contribution in [1.82, 2.24) is 20.1 Å². The summed E-state index contributed by atoms with van der Waals surface area (Å²) < 4.78 is 18.1. The van der Waals surface area contributed by atoms with Gasteiger partial charge in [-0.05, 0) is 51.8 Å². The van der Waals surface area contributed by atoms with Crippen LogP contribution in [0.25, 0.3) is 11.0 Å². The number of nitrogens with one attached hydrogen (secondary N) is 1. The summed E-state index contributed by atoms with van der Waals surface area (Å²) >= 11 is 0. The largest absolute Gasteiger partial charge is 0.491 e. The molecule has 0 spiro atoms. The summed E-state index contributed by atoms with van der Waals surface area (Å²) in [5, 5.41) is 18.6. The number of pyridine rings is 1. The van der Waals surface area contributed by atoms with Crippen LogP contribution in [-0.2, 0) is 5.54 Å². The Morgan fingerprint density at radius 1 is 1.24 bits per heavy atom. The standard InChI is InChI=1S/C25H32N4O5/c1-14(2)19-10-18(22-15(3)28-29(23(22)27-19)25(4,5)6)24(31)26-11-16(30)12-32-17-7-8-20-21(9-17)34-13-33-20/h7-10,14,16,30H,11-13H2,1-6H3,(H,26,31). The summed E-state index contributed by atoms with van der Waals surface area (Å²) in [6, 6.07) is 7.03. The van der Waals surface area contributed by atoms with Gasteiger partial charge in [-0.25, -0.2) is 9.67 Å². The zero-order chi connectivity index (χ0) is 24.6. The average Bonchev–Trinajstić information content (AvgIpc) is 3.39. The maximum atomic E-state index is 13.2. The Bertz CT molecular complexity index is 1210. The molecule has 3 aromatic rings. The van der Waals surface area contributed by atoms with Gasteiger partial charge in [-0.3, -0.25) is 4.79 Å². The predicted molar refractivity (Wildman–Crippen MR) is 128 cm³/mol. The molecule has 0 fully saturated rings. The molecule has 1 amide bonds. The number of carbonyl (C=O) groups excluding carboxylic acids is 1. The summed E-state index contributed by atoms with van der Waals surface area (Å²) in [7, 11) is 0. The minimum atomic E-state index is -0.894. The van der Waals surface area contributed by atoms with Crippen molar-refractivity contribution >= 4 is 16.9 Å². The van der Waals surface area contributed by atoms with Crippen LogP contribution in [0.4, 0.5) is 0 Å². The van der Waals surface area contributed by atoms with Gasteiger partial charge in [-0.2, -0.15) is 5.10 Å².